The molecule has 2 aromatic rings. The van der Waals surface area contributed by atoms with E-state index in [9.17, 15) is 19.5 Å². The molecule has 3 N–H and O–H groups in total. The van der Waals surface area contributed by atoms with E-state index < -0.39 is 29.7 Å². The second-order valence-electron chi connectivity index (χ2n) is 6.38. The summed E-state index contributed by atoms with van der Waals surface area (Å²) in [5, 5.41) is 20.7. The summed E-state index contributed by atoms with van der Waals surface area (Å²) >= 11 is 0. The topological polar surface area (TPSA) is 104 Å². The first kappa shape index (κ1) is 20.2. The van der Waals surface area contributed by atoms with E-state index in [1.165, 1.54) is 6.92 Å². The van der Waals surface area contributed by atoms with Crippen LogP contribution in [0.1, 0.15) is 31.2 Å². The standard InChI is InChI=1S/C21H23NO5/c1-14(21(26)27)19(20(25)22-13-5-8-18(23)24)17-11-9-16(10-12-17)15-6-3-2-4-7-15/h2-4,6-7,9-12,14,19H,5,8,13H2,1H3,(H,22,25)(H,23,24)(H,26,27)/t14-,19?/m1/s1. The van der Waals surface area contributed by atoms with E-state index in [2.05, 4.69) is 5.32 Å². The molecule has 0 radical (unpaired) electrons. The van der Waals surface area contributed by atoms with Gasteiger partial charge in [-0.1, -0.05) is 61.5 Å². The fourth-order valence-electron chi connectivity index (χ4n) is 2.88. The zero-order chi connectivity index (χ0) is 19.8. The summed E-state index contributed by atoms with van der Waals surface area (Å²) in [7, 11) is 0. The largest absolute Gasteiger partial charge is 0.481 e. The van der Waals surface area contributed by atoms with Crippen LogP contribution in [0.3, 0.4) is 0 Å². The third kappa shape index (κ3) is 5.67. The summed E-state index contributed by atoms with van der Waals surface area (Å²) in [6.45, 7) is 1.69. The van der Waals surface area contributed by atoms with Crippen molar-refractivity contribution in [3.63, 3.8) is 0 Å². The van der Waals surface area contributed by atoms with E-state index in [0.29, 0.717) is 12.0 Å². The lowest BCUT2D eigenvalue weighted by Gasteiger charge is -2.21. The second kappa shape index (κ2) is 9.52. The molecule has 2 atom stereocenters. The Balaban J connectivity index is 2.17. The minimum absolute atomic E-state index is 0.0504. The fourth-order valence-corrected chi connectivity index (χ4v) is 2.88. The van der Waals surface area contributed by atoms with Crippen LogP contribution in [0.2, 0.25) is 0 Å². The molecule has 0 aromatic heterocycles. The molecule has 0 spiro atoms. The summed E-state index contributed by atoms with van der Waals surface area (Å²) in [5.41, 5.74) is 2.62. The minimum atomic E-state index is -1.06. The van der Waals surface area contributed by atoms with Gasteiger partial charge < -0.3 is 15.5 Å². The van der Waals surface area contributed by atoms with Crippen molar-refractivity contribution in [2.75, 3.05) is 6.54 Å². The maximum Gasteiger partial charge on any atom is 0.307 e. The molecule has 0 bridgehead atoms. The molecular formula is C21H23NO5. The van der Waals surface area contributed by atoms with Crippen molar-refractivity contribution in [3.05, 3.63) is 60.2 Å². The Morgan fingerprint density at radius 1 is 0.926 bits per heavy atom. The van der Waals surface area contributed by atoms with Crippen molar-refractivity contribution in [1.29, 1.82) is 0 Å². The number of carboxylic acids is 2. The molecule has 2 rings (SSSR count). The minimum Gasteiger partial charge on any atom is -0.481 e. The van der Waals surface area contributed by atoms with Crippen LogP contribution in [0.15, 0.2) is 54.6 Å². The van der Waals surface area contributed by atoms with Gasteiger partial charge in [0.15, 0.2) is 0 Å². The molecule has 1 amide bonds. The van der Waals surface area contributed by atoms with Crippen LogP contribution in [-0.4, -0.2) is 34.6 Å². The van der Waals surface area contributed by atoms with E-state index in [4.69, 9.17) is 5.11 Å². The number of rotatable bonds is 9. The highest BCUT2D eigenvalue weighted by Gasteiger charge is 2.31. The molecule has 2 aromatic carbocycles. The summed E-state index contributed by atoms with van der Waals surface area (Å²) < 4.78 is 0. The Bertz CT molecular complexity index is 786. The average molecular weight is 369 g/mol. The molecule has 0 aliphatic rings. The molecule has 142 valence electrons. The van der Waals surface area contributed by atoms with Crippen LogP contribution in [0.25, 0.3) is 11.1 Å². The van der Waals surface area contributed by atoms with Gasteiger partial charge in [-0.2, -0.15) is 0 Å². The molecular weight excluding hydrogens is 346 g/mol. The maximum absolute atomic E-state index is 12.6. The molecule has 0 saturated carbocycles. The van der Waals surface area contributed by atoms with Crippen molar-refractivity contribution in [2.45, 2.75) is 25.7 Å². The summed E-state index contributed by atoms with van der Waals surface area (Å²) in [6, 6.07) is 17.0. The number of carboxylic acid groups (broad SMARTS) is 2. The molecule has 6 nitrogen and oxygen atoms in total. The molecule has 0 heterocycles. The van der Waals surface area contributed by atoms with Crippen LogP contribution in [0, 0.1) is 5.92 Å². The fraction of sp³-hybridized carbons (Fsp3) is 0.286. The number of aliphatic carboxylic acids is 2. The summed E-state index contributed by atoms with van der Waals surface area (Å²) in [5.74, 6) is -4.17. The van der Waals surface area contributed by atoms with Gasteiger partial charge in [-0.15, -0.1) is 0 Å². The molecule has 0 aliphatic heterocycles. The Kier molecular flexibility index (Phi) is 7.11. The molecule has 0 fully saturated rings. The van der Waals surface area contributed by atoms with Crippen LogP contribution in [-0.2, 0) is 14.4 Å². The van der Waals surface area contributed by atoms with Gasteiger partial charge in [0.05, 0.1) is 11.8 Å². The van der Waals surface area contributed by atoms with E-state index in [0.717, 1.165) is 11.1 Å². The number of carbonyl (C=O) groups excluding carboxylic acids is 1. The normalized spacial score (nSPS) is 12.8. The lowest BCUT2D eigenvalue weighted by atomic mass is 9.85. The summed E-state index contributed by atoms with van der Waals surface area (Å²) in [6.07, 6.45) is 0.243. The van der Waals surface area contributed by atoms with Crippen molar-refractivity contribution in [2.24, 2.45) is 5.92 Å². The number of benzene rings is 2. The highest BCUT2D eigenvalue weighted by atomic mass is 16.4. The number of carbonyl (C=O) groups is 3. The number of amides is 1. The Morgan fingerprint density at radius 3 is 2.07 bits per heavy atom. The van der Waals surface area contributed by atoms with Crippen LogP contribution in [0.5, 0.6) is 0 Å². The molecule has 0 aliphatic carbocycles. The molecule has 6 heteroatoms. The Hall–Kier alpha value is -3.15. The first-order valence-electron chi connectivity index (χ1n) is 8.78. The van der Waals surface area contributed by atoms with E-state index in [1.54, 1.807) is 12.1 Å². The number of hydrogen-bond donors (Lipinski definition) is 3. The Labute approximate surface area is 157 Å². The predicted octanol–water partition coefficient (Wildman–Crippen LogP) is 3.14. The van der Waals surface area contributed by atoms with Crippen LogP contribution >= 0.6 is 0 Å². The van der Waals surface area contributed by atoms with Gasteiger partial charge in [-0.25, -0.2) is 0 Å². The van der Waals surface area contributed by atoms with Crippen molar-refractivity contribution >= 4 is 17.8 Å². The third-order valence-electron chi connectivity index (χ3n) is 4.42. The zero-order valence-electron chi connectivity index (χ0n) is 15.1. The van der Waals surface area contributed by atoms with Crippen molar-refractivity contribution in [3.8, 4) is 11.1 Å². The number of nitrogens with one attached hydrogen (secondary N) is 1. The van der Waals surface area contributed by atoms with Gasteiger partial charge in [-0.3, -0.25) is 14.4 Å². The van der Waals surface area contributed by atoms with Crippen molar-refractivity contribution < 1.29 is 24.6 Å². The van der Waals surface area contributed by atoms with Gasteiger partial charge in [0.1, 0.15) is 0 Å². The first-order chi connectivity index (χ1) is 12.9. The second-order valence-corrected chi connectivity index (χ2v) is 6.38. The summed E-state index contributed by atoms with van der Waals surface area (Å²) in [4.78, 5) is 34.6. The predicted molar refractivity (Wildman–Crippen MR) is 101 cm³/mol. The highest BCUT2D eigenvalue weighted by molar-refractivity contribution is 5.89. The zero-order valence-corrected chi connectivity index (χ0v) is 15.1. The number of hydrogen-bond acceptors (Lipinski definition) is 3. The smallest absolute Gasteiger partial charge is 0.307 e. The lowest BCUT2D eigenvalue weighted by Crippen LogP contribution is -2.36. The van der Waals surface area contributed by atoms with E-state index >= 15 is 0 Å². The van der Waals surface area contributed by atoms with Gasteiger partial charge in [-0.05, 0) is 23.1 Å². The van der Waals surface area contributed by atoms with Gasteiger partial charge in [0, 0.05) is 13.0 Å². The van der Waals surface area contributed by atoms with Gasteiger partial charge in [0.2, 0.25) is 5.91 Å². The van der Waals surface area contributed by atoms with Gasteiger partial charge in [0.25, 0.3) is 0 Å². The first-order valence-corrected chi connectivity index (χ1v) is 8.78. The van der Waals surface area contributed by atoms with E-state index in [-0.39, 0.29) is 13.0 Å². The molecule has 1 unspecified atom stereocenters. The lowest BCUT2D eigenvalue weighted by molar-refractivity contribution is -0.144. The third-order valence-corrected chi connectivity index (χ3v) is 4.42. The average Bonchev–Trinajstić information content (AvgIpc) is 2.66. The molecule has 27 heavy (non-hydrogen) atoms. The van der Waals surface area contributed by atoms with Crippen molar-refractivity contribution in [1.82, 2.24) is 5.32 Å². The van der Waals surface area contributed by atoms with Crippen LogP contribution in [0.4, 0.5) is 0 Å². The SMILES string of the molecule is C[C@@H](C(=O)O)C(C(=O)NCCCC(=O)O)c1ccc(-c2ccccc2)cc1. The maximum atomic E-state index is 12.6. The van der Waals surface area contributed by atoms with Gasteiger partial charge >= 0.3 is 11.9 Å². The Morgan fingerprint density at radius 2 is 1.52 bits per heavy atom. The quantitative estimate of drug-likeness (QED) is 0.589. The van der Waals surface area contributed by atoms with E-state index in [1.807, 2.05) is 42.5 Å². The monoisotopic (exact) mass is 369 g/mol. The highest BCUT2D eigenvalue weighted by Crippen LogP contribution is 2.28. The molecule has 0 saturated heterocycles. The van der Waals surface area contributed by atoms with Crippen LogP contribution < -0.4 is 5.32 Å².